The second-order valence-electron chi connectivity index (χ2n) is 8.43. The fraction of sp³-hybridized carbons (Fsp3) is 0.231. The molecule has 0 saturated carbocycles. The highest BCUT2D eigenvalue weighted by Gasteiger charge is 2.36. The lowest BCUT2D eigenvalue weighted by Crippen LogP contribution is -2.32. The Morgan fingerprint density at radius 3 is 2.29 bits per heavy atom. The van der Waals surface area contributed by atoms with Crippen LogP contribution in [0.4, 0.5) is 0 Å². The Balaban J connectivity index is 1.41. The quantitative estimate of drug-likeness (QED) is 0.545. The Labute approximate surface area is 197 Å². The largest absolute Gasteiger partial charge is 0.467 e. The van der Waals surface area contributed by atoms with Crippen LogP contribution in [-0.4, -0.2) is 46.5 Å². The number of furan rings is 1. The maximum atomic E-state index is 12.8. The standard InChI is InChI=1S/C26H25N3O5/c1-16(2)28(3)24(31)18-8-6-17(7-9-18)14-27-23(30)19-10-11-21-22(13-19)26(33)29(25(21)32)15-20-5-4-12-34-20/h4-13,16H,14-15H2,1-3H3,(H,27,30). The number of imide groups is 1. The molecule has 174 valence electrons. The van der Waals surface area contributed by atoms with Crippen LogP contribution >= 0.6 is 0 Å². The van der Waals surface area contributed by atoms with Crippen LogP contribution in [0.15, 0.2) is 65.3 Å². The summed E-state index contributed by atoms with van der Waals surface area (Å²) in [5.74, 6) is -0.814. The summed E-state index contributed by atoms with van der Waals surface area (Å²) in [5, 5.41) is 2.81. The zero-order valence-electron chi connectivity index (χ0n) is 19.2. The minimum atomic E-state index is -0.460. The molecule has 0 unspecified atom stereocenters. The molecule has 1 N–H and O–H groups in total. The molecule has 4 amide bonds. The molecule has 0 saturated heterocycles. The SMILES string of the molecule is CC(C)N(C)C(=O)c1ccc(CNC(=O)c2ccc3c(c2)C(=O)N(Cc2ccco2)C3=O)cc1. The predicted molar refractivity (Wildman–Crippen MR) is 124 cm³/mol. The summed E-state index contributed by atoms with van der Waals surface area (Å²) in [4.78, 5) is 53.2. The van der Waals surface area contributed by atoms with E-state index in [4.69, 9.17) is 4.42 Å². The van der Waals surface area contributed by atoms with Gasteiger partial charge in [0, 0.05) is 30.8 Å². The summed E-state index contributed by atoms with van der Waals surface area (Å²) in [6.45, 7) is 4.18. The summed E-state index contributed by atoms with van der Waals surface area (Å²) in [7, 11) is 1.76. The molecule has 34 heavy (non-hydrogen) atoms. The van der Waals surface area contributed by atoms with Crippen LogP contribution in [0.3, 0.4) is 0 Å². The molecule has 3 aromatic rings. The van der Waals surface area contributed by atoms with E-state index in [1.807, 2.05) is 13.8 Å². The van der Waals surface area contributed by atoms with Gasteiger partial charge in [0.2, 0.25) is 0 Å². The second kappa shape index (κ2) is 9.35. The first-order valence-corrected chi connectivity index (χ1v) is 10.9. The fourth-order valence-corrected chi connectivity index (χ4v) is 3.62. The van der Waals surface area contributed by atoms with Crippen molar-refractivity contribution in [1.82, 2.24) is 15.1 Å². The average molecular weight is 460 g/mol. The summed E-state index contributed by atoms with van der Waals surface area (Å²) >= 11 is 0. The normalized spacial score (nSPS) is 12.8. The van der Waals surface area contributed by atoms with Gasteiger partial charge in [0.15, 0.2) is 0 Å². The number of rotatable bonds is 7. The molecule has 8 heteroatoms. The molecule has 1 aliphatic heterocycles. The summed E-state index contributed by atoms with van der Waals surface area (Å²) in [6.07, 6.45) is 1.48. The average Bonchev–Trinajstić information content (AvgIpc) is 3.44. The topological polar surface area (TPSA) is 99.9 Å². The first kappa shape index (κ1) is 23.0. The van der Waals surface area contributed by atoms with E-state index in [1.165, 1.54) is 24.5 Å². The summed E-state index contributed by atoms with van der Waals surface area (Å²) in [5.41, 5.74) is 2.15. The Morgan fingerprint density at radius 2 is 1.65 bits per heavy atom. The van der Waals surface area contributed by atoms with Crippen molar-refractivity contribution in [2.75, 3.05) is 7.05 Å². The van der Waals surface area contributed by atoms with E-state index in [2.05, 4.69) is 5.32 Å². The monoisotopic (exact) mass is 459 g/mol. The highest BCUT2D eigenvalue weighted by Crippen LogP contribution is 2.26. The number of hydrogen-bond acceptors (Lipinski definition) is 5. The minimum absolute atomic E-state index is 0.0341. The number of hydrogen-bond donors (Lipinski definition) is 1. The Kier molecular flexibility index (Phi) is 6.32. The lowest BCUT2D eigenvalue weighted by molar-refractivity contribution is 0.0630. The third kappa shape index (κ3) is 4.47. The number of carbonyl (C=O) groups excluding carboxylic acids is 4. The van der Waals surface area contributed by atoms with Gasteiger partial charge >= 0.3 is 0 Å². The van der Waals surface area contributed by atoms with E-state index in [-0.39, 0.29) is 47.6 Å². The molecule has 0 atom stereocenters. The first-order chi connectivity index (χ1) is 16.3. The van der Waals surface area contributed by atoms with Gasteiger partial charge in [-0.05, 0) is 61.9 Å². The van der Waals surface area contributed by atoms with Crippen LogP contribution in [0.1, 0.15) is 66.6 Å². The highest BCUT2D eigenvalue weighted by molar-refractivity contribution is 6.22. The maximum absolute atomic E-state index is 12.8. The molecule has 8 nitrogen and oxygen atoms in total. The zero-order chi connectivity index (χ0) is 24.4. The number of amides is 4. The maximum Gasteiger partial charge on any atom is 0.261 e. The van der Waals surface area contributed by atoms with E-state index in [9.17, 15) is 19.2 Å². The molecule has 1 aromatic heterocycles. The number of nitrogens with one attached hydrogen (secondary N) is 1. The van der Waals surface area contributed by atoms with Crippen LogP contribution in [0.25, 0.3) is 0 Å². The lowest BCUT2D eigenvalue weighted by atomic mass is 10.1. The first-order valence-electron chi connectivity index (χ1n) is 10.9. The van der Waals surface area contributed by atoms with Crippen LogP contribution in [0, 0.1) is 0 Å². The molecule has 4 rings (SSSR count). The molecule has 2 aromatic carbocycles. The van der Waals surface area contributed by atoms with Crippen molar-refractivity contribution in [2.45, 2.75) is 33.0 Å². The van der Waals surface area contributed by atoms with Crippen molar-refractivity contribution < 1.29 is 23.6 Å². The number of benzene rings is 2. The van der Waals surface area contributed by atoms with Crippen molar-refractivity contribution in [1.29, 1.82) is 0 Å². The van der Waals surface area contributed by atoms with Crippen LogP contribution in [0.5, 0.6) is 0 Å². The number of carbonyl (C=O) groups is 4. The zero-order valence-corrected chi connectivity index (χ0v) is 19.2. The number of nitrogens with zero attached hydrogens (tertiary/aromatic N) is 2. The third-order valence-corrected chi connectivity index (χ3v) is 5.88. The van der Waals surface area contributed by atoms with E-state index < -0.39 is 11.8 Å². The van der Waals surface area contributed by atoms with Gasteiger partial charge in [-0.25, -0.2) is 0 Å². The molecule has 1 aliphatic rings. The van der Waals surface area contributed by atoms with E-state index in [0.717, 1.165) is 10.5 Å². The Bertz CT molecular complexity index is 1250. The van der Waals surface area contributed by atoms with Gasteiger partial charge in [-0.15, -0.1) is 0 Å². The molecule has 0 aliphatic carbocycles. The summed E-state index contributed by atoms with van der Waals surface area (Å²) < 4.78 is 5.24. The Morgan fingerprint density at radius 1 is 0.971 bits per heavy atom. The lowest BCUT2D eigenvalue weighted by Gasteiger charge is -2.21. The van der Waals surface area contributed by atoms with Gasteiger partial charge in [-0.1, -0.05) is 12.1 Å². The van der Waals surface area contributed by atoms with Gasteiger partial charge in [-0.2, -0.15) is 0 Å². The molecule has 2 heterocycles. The molecule has 0 fully saturated rings. The predicted octanol–water partition coefficient (Wildman–Crippen LogP) is 3.49. The summed E-state index contributed by atoms with van der Waals surface area (Å²) in [6, 6.07) is 15.0. The van der Waals surface area contributed by atoms with Gasteiger partial charge in [0.1, 0.15) is 5.76 Å². The van der Waals surface area contributed by atoms with Gasteiger partial charge < -0.3 is 14.6 Å². The van der Waals surface area contributed by atoms with Crippen molar-refractivity contribution in [3.63, 3.8) is 0 Å². The molecule has 0 bridgehead atoms. The minimum Gasteiger partial charge on any atom is -0.467 e. The molecular formula is C26H25N3O5. The van der Waals surface area contributed by atoms with Crippen LogP contribution < -0.4 is 5.32 Å². The Hall–Kier alpha value is -4.20. The van der Waals surface area contributed by atoms with E-state index in [1.54, 1.807) is 48.3 Å². The molecule has 0 spiro atoms. The van der Waals surface area contributed by atoms with E-state index >= 15 is 0 Å². The van der Waals surface area contributed by atoms with Crippen molar-refractivity contribution in [3.05, 3.63) is 94.4 Å². The molecule has 0 radical (unpaired) electrons. The van der Waals surface area contributed by atoms with Gasteiger partial charge in [0.05, 0.1) is 23.9 Å². The van der Waals surface area contributed by atoms with Gasteiger partial charge in [0.25, 0.3) is 23.6 Å². The van der Waals surface area contributed by atoms with Crippen molar-refractivity contribution in [2.24, 2.45) is 0 Å². The van der Waals surface area contributed by atoms with Crippen LogP contribution in [0.2, 0.25) is 0 Å². The second-order valence-corrected chi connectivity index (χ2v) is 8.43. The van der Waals surface area contributed by atoms with Gasteiger partial charge in [-0.3, -0.25) is 24.1 Å². The van der Waals surface area contributed by atoms with Crippen molar-refractivity contribution in [3.8, 4) is 0 Å². The van der Waals surface area contributed by atoms with E-state index in [0.29, 0.717) is 11.3 Å². The van der Waals surface area contributed by atoms with Crippen molar-refractivity contribution >= 4 is 23.6 Å². The third-order valence-electron chi connectivity index (χ3n) is 5.88. The highest BCUT2D eigenvalue weighted by atomic mass is 16.3. The molecular weight excluding hydrogens is 434 g/mol. The number of fused-ring (bicyclic) bond motifs is 1. The fourth-order valence-electron chi connectivity index (χ4n) is 3.62. The smallest absolute Gasteiger partial charge is 0.261 e. The van der Waals surface area contributed by atoms with Crippen LogP contribution in [-0.2, 0) is 13.1 Å².